The molecule has 2 amide bonds. The Balaban J connectivity index is -0.000000526. The first-order valence-electron chi connectivity index (χ1n) is 22.7. The van der Waals surface area contributed by atoms with Crippen LogP contribution in [0.15, 0.2) is 24.3 Å². The molecule has 0 spiro atoms. The van der Waals surface area contributed by atoms with E-state index >= 15 is 0 Å². The summed E-state index contributed by atoms with van der Waals surface area (Å²) in [5.41, 5.74) is 0. The molecule has 4 N–H and O–H groups in total. The Hall–Kier alpha value is -0.820. The molecule has 0 aliphatic rings. The van der Waals surface area contributed by atoms with E-state index in [2.05, 4.69) is 48.8 Å². The van der Waals surface area contributed by atoms with Crippen LogP contribution in [-0.4, -0.2) is 73.3 Å². The van der Waals surface area contributed by atoms with Gasteiger partial charge in [0.1, 0.15) is 10.5 Å². The summed E-state index contributed by atoms with van der Waals surface area (Å²) in [5, 5.41) is 21.9. The van der Waals surface area contributed by atoms with E-state index < -0.39 is 67.3 Å². The molecule has 0 saturated carbocycles. The molecule has 0 aromatic heterocycles. The summed E-state index contributed by atoms with van der Waals surface area (Å²) >= 11 is 0. The number of allylic oxidation sites excluding steroid dienone is 4. The van der Waals surface area contributed by atoms with E-state index in [0.717, 1.165) is 64.2 Å². The molecule has 14 nitrogen and oxygen atoms in total. The van der Waals surface area contributed by atoms with Crippen LogP contribution in [0.4, 0.5) is 0 Å². The summed E-state index contributed by atoms with van der Waals surface area (Å²) in [6, 6.07) is 0. The van der Waals surface area contributed by atoms with Crippen LogP contribution in [0.5, 0.6) is 0 Å². The minimum absolute atomic E-state index is 0. The summed E-state index contributed by atoms with van der Waals surface area (Å²) in [6.07, 6.45) is 40.6. The van der Waals surface area contributed by atoms with Crippen molar-refractivity contribution in [2.75, 3.05) is 13.1 Å². The van der Waals surface area contributed by atoms with E-state index in [-0.39, 0.29) is 59.1 Å². The van der Waals surface area contributed by atoms with E-state index in [0.29, 0.717) is 13.1 Å². The van der Waals surface area contributed by atoms with Crippen LogP contribution >= 0.6 is 0 Å². The monoisotopic (exact) mass is 938 g/mol. The molecule has 0 heterocycles. The number of carboxylic acids is 2. The maximum absolute atomic E-state index is 11.6. The van der Waals surface area contributed by atoms with Crippen molar-refractivity contribution in [3.63, 3.8) is 0 Å². The normalized spacial score (nSPS) is 12.5. The van der Waals surface area contributed by atoms with Gasteiger partial charge in [0, 0.05) is 13.1 Å². The zero-order valence-corrected chi connectivity index (χ0v) is 44.5. The Labute approximate surface area is 419 Å². The first-order chi connectivity index (χ1) is 28.6. The number of hydrogen-bond acceptors (Lipinski definition) is 10. The maximum Gasteiger partial charge on any atom is 1.00 e. The number of hydrogen-bond donors (Lipinski definition) is 4. The van der Waals surface area contributed by atoms with Crippen molar-refractivity contribution < 1.29 is 114 Å². The second-order valence-corrected chi connectivity index (χ2v) is 18.8. The van der Waals surface area contributed by atoms with E-state index in [1.54, 1.807) is 0 Å². The third kappa shape index (κ3) is 47.2. The van der Waals surface area contributed by atoms with Gasteiger partial charge >= 0.3 is 59.1 Å². The number of rotatable bonds is 40. The fraction of sp³-hybridized carbons (Fsp3) is 0.818. The summed E-state index contributed by atoms with van der Waals surface area (Å²) < 4.78 is 61.1. The van der Waals surface area contributed by atoms with E-state index in [9.17, 15) is 46.2 Å². The average Bonchev–Trinajstić information content (AvgIpc) is 3.17. The second-order valence-electron chi connectivity index (χ2n) is 15.6. The van der Waals surface area contributed by atoms with Crippen molar-refractivity contribution in [1.82, 2.24) is 10.6 Å². The fourth-order valence-electron chi connectivity index (χ4n) is 6.30. The Morgan fingerprint density at radius 2 is 0.661 bits per heavy atom. The number of nitrogens with one attached hydrogen (secondary N) is 2. The maximum atomic E-state index is 11.6. The van der Waals surface area contributed by atoms with Crippen LogP contribution in [0.1, 0.15) is 206 Å². The van der Waals surface area contributed by atoms with Crippen molar-refractivity contribution >= 4 is 44.0 Å². The zero-order valence-electron chi connectivity index (χ0n) is 38.9. The van der Waals surface area contributed by atoms with Gasteiger partial charge in [-0.2, -0.15) is 16.8 Å². The van der Waals surface area contributed by atoms with Gasteiger partial charge in [-0.05, 0) is 64.2 Å². The molecule has 62 heavy (non-hydrogen) atoms. The molecule has 18 heteroatoms. The van der Waals surface area contributed by atoms with Crippen molar-refractivity contribution in [1.29, 1.82) is 0 Å². The van der Waals surface area contributed by atoms with Crippen molar-refractivity contribution in [2.45, 2.75) is 217 Å². The number of carboxylic acid groups (broad SMARTS) is 2. The Kier molecular flexibility index (Phi) is 51.0. The summed E-state index contributed by atoms with van der Waals surface area (Å²) in [6.45, 7) is 5.18. The van der Waals surface area contributed by atoms with Crippen LogP contribution in [0.3, 0.4) is 0 Å². The average molecular weight is 939 g/mol. The standard InChI is InChI=1S/2C22H41NO6S.2Na/c2*1-2-3-4-5-6-7-8-9-10-11-12-13-14-15-16-17-18-23-21(24)19-20(22(25)26)30(27,28)29;;/h2*9-10,20H,2-8,11-19H2,1H3,(H,23,24)(H,25,26)(H,27,28,29);;/q;;2*+1/p-2/b2*10-9-;;. The van der Waals surface area contributed by atoms with E-state index in [4.69, 9.17) is 9.11 Å². The van der Waals surface area contributed by atoms with Crippen LogP contribution in [-0.2, 0) is 39.4 Å². The van der Waals surface area contributed by atoms with Gasteiger partial charge in [-0.1, -0.05) is 154 Å². The summed E-state index contributed by atoms with van der Waals surface area (Å²) in [7, 11) is -9.70. The number of amides is 2. The molecule has 2 unspecified atom stereocenters. The smallest absolute Gasteiger partial charge is 0.549 e. The van der Waals surface area contributed by atoms with Gasteiger partial charge in [0.2, 0.25) is 11.8 Å². The summed E-state index contributed by atoms with van der Waals surface area (Å²) in [5.74, 6) is -5.42. The topological polar surface area (TPSA) is 247 Å². The molecule has 0 aromatic rings. The second kappa shape index (κ2) is 46.7. The molecule has 0 aliphatic carbocycles. The third-order valence-corrected chi connectivity index (χ3v) is 12.2. The number of carbonyl (C=O) groups excluding carboxylic acids is 4. The Bertz CT molecular complexity index is 1290. The minimum Gasteiger partial charge on any atom is -0.549 e. The van der Waals surface area contributed by atoms with E-state index in [1.807, 2.05) is 0 Å². The van der Waals surface area contributed by atoms with Crippen molar-refractivity contribution in [3.8, 4) is 0 Å². The van der Waals surface area contributed by atoms with Gasteiger partial charge < -0.3 is 30.4 Å². The first-order valence-corrected chi connectivity index (χ1v) is 25.8. The molecule has 0 aliphatic heterocycles. The number of carbonyl (C=O) groups is 4. The molecule has 0 aromatic carbocycles. The molecule has 0 bridgehead atoms. The molecular formula is C44H80N2Na2O12S2. The number of unbranched alkanes of at least 4 members (excludes halogenated alkanes) is 24. The Morgan fingerprint density at radius 3 is 0.887 bits per heavy atom. The van der Waals surface area contributed by atoms with Gasteiger partial charge in [0.15, 0.2) is 0 Å². The quantitative estimate of drug-likeness (QED) is 0.0292. The van der Waals surface area contributed by atoms with Crippen molar-refractivity contribution in [2.24, 2.45) is 0 Å². The minimum atomic E-state index is -4.85. The largest absolute Gasteiger partial charge is 1.00 e. The van der Waals surface area contributed by atoms with Gasteiger partial charge in [-0.3, -0.25) is 18.7 Å². The van der Waals surface area contributed by atoms with Crippen molar-refractivity contribution in [3.05, 3.63) is 24.3 Å². The molecule has 2 atom stereocenters. The predicted octanol–water partition coefficient (Wildman–Crippen LogP) is 1.08. The molecule has 0 fully saturated rings. The summed E-state index contributed by atoms with van der Waals surface area (Å²) in [4.78, 5) is 44.5. The van der Waals surface area contributed by atoms with Gasteiger partial charge in [-0.15, -0.1) is 0 Å². The van der Waals surface area contributed by atoms with Crippen LogP contribution in [0.25, 0.3) is 0 Å². The number of aliphatic carboxylic acids is 2. The predicted molar refractivity (Wildman–Crippen MR) is 235 cm³/mol. The zero-order chi connectivity index (χ0) is 45.3. The third-order valence-electron chi connectivity index (χ3n) is 10.0. The van der Waals surface area contributed by atoms with E-state index in [1.165, 1.54) is 116 Å². The molecule has 0 saturated heterocycles. The Morgan fingerprint density at radius 1 is 0.435 bits per heavy atom. The van der Waals surface area contributed by atoms with Crippen LogP contribution in [0, 0.1) is 0 Å². The molecule has 0 rings (SSSR count). The van der Waals surface area contributed by atoms with Gasteiger partial charge in [-0.25, -0.2) is 0 Å². The molecule has 352 valence electrons. The van der Waals surface area contributed by atoms with Gasteiger partial charge in [0.05, 0.1) is 24.8 Å². The molecule has 0 radical (unpaired) electrons. The fourth-order valence-corrected chi connectivity index (χ4v) is 7.51. The molecular weight excluding hydrogens is 859 g/mol. The first kappa shape index (κ1) is 67.8. The van der Waals surface area contributed by atoms with Crippen LogP contribution < -0.4 is 80.0 Å². The van der Waals surface area contributed by atoms with Crippen LogP contribution in [0.2, 0.25) is 0 Å². The van der Waals surface area contributed by atoms with Gasteiger partial charge in [0.25, 0.3) is 20.2 Å². The SMILES string of the molecule is CCCCCCCC/C=C\CCCCCCCCNC(=O)CC(C(=O)[O-])S(=O)(=O)O.CCCCCCCC/C=C\CCCCCCCCNC(=O)CC(C(=O)[O-])S(=O)(=O)O.[Na+].[Na+].